The van der Waals surface area contributed by atoms with Gasteiger partial charge in [0.05, 0.1) is 5.92 Å². The third-order valence-electron chi connectivity index (χ3n) is 3.43. The molecule has 1 N–H and O–H groups in total. The molecule has 0 unspecified atom stereocenters. The van der Waals surface area contributed by atoms with E-state index < -0.39 is 11.9 Å². The maximum Gasteiger partial charge on any atom is 0.311 e. The third-order valence-corrected chi connectivity index (χ3v) is 4.89. The van der Waals surface area contributed by atoms with Gasteiger partial charge in [0, 0.05) is 26.8 Å². The number of carbonyl (C=O) groups is 2. The first-order valence-electron chi connectivity index (χ1n) is 6.36. The smallest absolute Gasteiger partial charge is 0.311 e. The normalized spacial score (nSPS) is 16.5. The molecule has 2 aromatic carbocycles. The molecule has 5 heteroatoms. The van der Waals surface area contributed by atoms with Gasteiger partial charge in [-0.15, -0.1) is 11.8 Å². The van der Waals surface area contributed by atoms with Gasteiger partial charge >= 0.3 is 5.97 Å². The molecule has 0 aromatic heterocycles. The zero-order chi connectivity index (χ0) is 15.0. The highest BCUT2D eigenvalue weighted by Crippen LogP contribution is 2.43. The summed E-state index contributed by atoms with van der Waals surface area (Å²) in [5.41, 5.74) is 1.69. The van der Waals surface area contributed by atoms with E-state index >= 15 is 0 Å². The van der Waals surface area contributed by atoms with E-state index in [1.54, 1.807) is 36.4 Å². The highest BCUT2D eigenvalue weighted by Gasteiger charge is 2.32. The number of carboxylic acid groups (broad SMARTS) is 1. The van der Waals surface area contributed by atoms with Crippen LogP contribution < -0.4 is 0 Å². The first-order valence-corrected chi connectivity index (χ1v) is 7.73. The summed E-state index contributed by atoms with van der Waals surface area (Å²) in [6, 6.07) is 12.2. The molecule has 21 heavy (non-hydrogen) atoms. The lowest BCUT2D eigenvalue weighted by Crippen LogP contribution is -2.11. The van der Waals surface area contributed by atoms with Crippen LogP contribution in [0.15, 0.2) is 47.4 Å². The highest BCUT2D eigenvalue weighted by molar-refractivity contribution is 7.99. The molecule has 1 heterocycles. The standard InChI is InChI=1S/C16H11ClO3S/c17-10-6-11-13(16(19)20)8-21-15(11)12(7-10)14(18)9-4-2-1-3-5-9/h1-7,13H,8H2,(H,19,20)/t13-/m1/s1. The van der Waals surface area contributed by atoms with Crippen molar-refractivity contribution in [2.24, 2.45) is 0 Å². The Bertz CT molecular complexity index is 728. The minimum absolute atomic E-state index is 0.132. The quantitative estimate of drug-likeness (QED) is 0.873. The van der Waals surface area contributed by atoms with Crippen molar-refractivity contribution in [2.75, 3.05) is 5.75 Å². The molecule has 0 aliphatic carbocycles. The second kappa shape index (κ2) is 5.54. The lowest BCUT2D eigenvalue weighted by atomic mass is 9.96. The largest absolute Gasteiger partial charge is 0.481 e. The van der Waals surface area contributed by atoms with Crippen LogP contribution in [0.3, 0.4) is 0 Å². The van der Waals surface area contributed by atoms with Gasteiger partial charge in [-0.25, -0.2) is 0 Å². The van der Waals surface area contributed by atoms with E-state index in [2.05, 4.69) is 0 Å². The Morgan fingerprint density at radius 3 is 2.57 bits per heavy atom. The summed E-state index contributed by atoms with van der Waals surface area (Å²) in [7, 11) is 0. The molecule has 1 aliphatic rings. The molecule has 3 nitrogen and oxygen atoms in total. The monoisotopic (exact) mass is 318 g/mol. The molecule has 3 rings (SSSR count). The molecule has 0 saturated carbocycles. The van der Waals surface area contributed by atoms with Crippen molar-refractivity contribution in [3.63, 3.8) is 0 Å². The molecular weight excluding hydrogens is 308 g/mol. The molecule has 0 bridgehead atoms. The van der Waals surface area contributed by atoms with Gasteiger partial charge < -0.3 is 5.11 Å². The van der Waals surface area contributed by atoms with Gasteiger partial charge in [-0.1, -0.05) is 41.9 Å². The van der Waals surface area contributed by atoms with Crippen molar-refractivity contribution in [1.29, 1.82) is 0 Å². The van der Waals surface area contributed by atoms with E-state index in [0.717, 1.165) is 4.90 Å². The Hall–Kier alpha value is -1.78. The topological polar surface area (TPSA) is 54.4 Å². The van der Waals surface area contributed by atoms with Crippen molar-refractivity contribution in [1.82, 2.24) is 0 Å². The number of carbonyl (C=O) groups excluding carboxylic acids is 1. The third kappa shape index (κ3) is 2.57. The number of ketones is 1. The fraction of sp³-hybridized carbons (Fsp3) is 0.125. The Morgan fingerprint density at radius 2 is 1.90 bits per heavy atom. The number of hydrogen-bond donors (Lipinski definition) is 1. The Balaban J connectivity index is 2.11. The zero-order valence-electron chi connectivity index (χ0n) is 10.9. The predicted octanol–water partition coefficient (Wildman–Crippen LogP) is 3.84. The molecular formula is C16H11ClO3S. The predicted molar refractivity (Wildman–Crippen MR) is 82.4 cm³/mol. The molecule has 2 aromatic rings. The Labute approximate surface area is 130 Å². The number of halogens is 1. The van der Waals surface area contributed by atoms with Gasteiger partial charge in [0.25, 0.3) is 0 Å². The van der Waals surface area contributed by atoms with Crippen LogP contribution in [-0.4, -0.2) is 22.6 Å². The van der Waals surface area contributed by atoms with Gasteiger partial charge in [0.15, 0.2) is 5.78 Å². The fourth-order valence-corrected chi connectivity index (χ4v) is 3.97. The van der Waals surface area contributed by atoms with Gasteiger partial charge in [-0.05, 0) is 17.7 Å². The average molecular weight is 319 g/mol. The molecule has 0 amide bonds. The van der Waals surface area contributed by atoms with Gasteiger partial charge in [-0.3, -0.25) is 9.59 Å². The molecule has 0 fully saturated rings. The van der Waals surface area contributed by atoms with E-state index in [9.17, 15) is 14.7 Å². The zero-order valence-corrected chi connectivity index (χ0v) is 12.4. The first-order chi connectivity index (χ1) is 10.1. The average Bonchev–Trinajstić information content (AvgIpc) is 2.90. The number of carboxylic acids is 1. The minimum Gasteiger partial charge on any atom is -0.481 e. The molecule has 0 radical (unpaired) electrons. The van der Waals surface area contributed by atoms with Crippen LogP contribution in [0.2, 0.25) is 5.02 Å². The molecule has 0 saturated heterocycles. The van der Waals surface area contributed by atoms with E-state index in [1.165, 1.54) is 11.8 Å². The summed E-state index contributed by atoms with van der Waals surface area (Å²) < 4.78 is 0. The van der Waals surface area contributed by atoms with Crippen LogP contribution in [0.5, 0.6) is 0 Å². The summed E-state index contributed by atoms with van der Waals surface area (Å²) in [4.78, 5) is 24.6. The van der Waals surface area contributed by atoms with Gasteiger partial charge in [0.1, 0.15) is 0 Å². The van der Waals surface area contributed by atoms with Crippen molar-refractivity contribution < 1.29 is 14.7 Å². The number of benzene rings is 2. The van der Waals surface area contributed by atoms with E-state index in [4.69, 9.17) is 11.6 Å². The Kier molecular flexibility index (Phi) is 3.74. The number of thioether (sulfide) groups is 1. The maximum atomic E-state index is 12.6. The summed E-state index contributed by atoms with van der Waals surface area (Å²) in [5, 5.41) is 9.65. The number of fused-ring (bicyclic) bond motifs is 1. The van der Waals surface area contributed by atoms with Crippen molar-refractivity contribution in [3.05, 3.63) is 64.2 Å². The van der Waals surface area contributed by atoms with Crippen LogP contribution in [0.1, 0.15) is 27.4 Å². The maximum absolute atomic E-state index is 12.6. The van der Waals surface area contributed by atoms with Crippen LogP contribution in [0.25, 0.3) is 0 Å². The minimum atomic E-state index is -0.887. The van der Waals surface area contributed by atoms with E-state index in [0.29, 0.717) is 27.5 Å². The lowest BCUT2D eigenvalue weighted by Gasteiger charge is -2.10. The summed E-state index contributed by atoms with van der Waals surface area (Å²) in [6.45, 7) is 0. The SMILES string of the molecule is O=C(c1ccccc1)c1cc(Cl)cc2c1SC[C@H]2C(=O)O. The highest BCUT2D eigenvalue weighted by atomic mass is 35.5. The van der Waals surface area contributed by atoms with Crippen LogP contribution in [0, 0.1) is 0 Å². The first kappa shape index (κ1) is 14.2. The second-order valence-corrected chi connectivity index (χ2v) is 6.24. The Morgan fingerprint density at radius 1 is 1.19 bits per heavy atom. The number of rotatable bonds is 3. The lowest BCUT2D eigenvalue weighted by molar-refractivity contribution is -0.138. The molecule has 1 aliphatic heterocycles. The van der Waals surface area contributed by atoms with Crippen LogP contribution in [0.4, 0.5) is 0 Å². The van der Waals surface area contributed by atoms with Crippen LogP contribution in [-0.2, 0) is 4.79 Å². The van der Waals surface area contributed by atoms with Crippen molar-refractivity contribution in [2.45, 2.75) is 10.8 Å². The van der Waals surface area contributed by atoms with E-state index in [-0.39, 0.29) is 5.78 Å². The van der Waals surface area contributed by atoms with Gasteiger partial charge in [-0.2, -0.15) is 0 Å². The molecule has 1 atom stereocenters. The fourth-order valence-electron chi connectivity index (χ4n) is 2.41. The summed E-state index contributed by atoms with van der Waals surface area (Å²) in [6.07, 6.45) is 0. The number of hydrogen-bond acceptors (Lipinski definition) is 3. The van der Waals surface area contributed by atoms with E-state index in [1.807, 2.05) is 6.07 Å². The molecule has 106 valence electrons. The van der Waals surface area contributed by atoms with Crippen molar-refractivity contribution >= 4 is 35.1 Å². The van der Waals surface area contributed by atoms with Crippen LogP contribution >= 0.6 is 23.4 Å². The number of aliphatic carboxylic acids is 1. The summed E-state index contributed by atoms with van der Waals surface area (Å²) in [5.74, 6) is -1.19. The van der Waals surface area contributed by atoms with Gasteiger partial charge in [0.2, 0.25) is 0 Å². The second-order valence-electron chi connectivity index (χ2n) is 4.77. The summed E-state index contributed by atoms with van der Waals surface area (Å²) >= 11 is 7.48. The van der Waals surface area contributed by atoms with Crippen molar-refractivity contribution in [3.8, 4) is 0 Å². The molecule has 0 spiro atoms.